The Hall–Kier alpha value is -1.23. The number of anilines is 1. The lowest BCUT2D eigenvalue weighted by atomic mass is 9.94. The third-order valence-corrected chi connectivity index (χ3v) is 3.52. The largest absolute Gasteiger partial charge is 0.416 e. The van der Waals surface area contributed by atoms with E-state index in [1.165, 1.54) is 6.07 Å². The van der Waals surface area contributed by atoms with Crippen LogP contribution in [0.1, 0.15) is 25.0 Å². The maximum absolute atomic E-state index is 12.9. The summed E-state index contributed by atoms with van der Waals surface area (Å²) in [5.41, 5.74) is -0.813. The van der Waals surface area contributed by atoms with Gasteiger partial charge in [-0.15, -0.1) is 0 Å². The van der Waals surface area contributed by atoms with E-state index >= 15 is 0 Å². The number of hydrogen-bond acceptors (Lipinski definition) is 2. The van der Waals surface area contributed by atoms with E-state index in [1.54, 1.807) is 31.9 Å². The molecular weight excluding hydrogens is 243 g/mol. The number of benzene rings is 1. The van der Waals surface area contributed by atoms with E-state index in [0.717, 1.165) is 6.07 Å². The smallest absolute Gasteiger partial charge is 0.388 e. The highest BCUT2D eigenvalue weighted by atomic mass is 19.4. The molecule has 1 N–H and O–H groups in total. The average molecular weight is 259 g/mol. The molecule has 0 fully saturated rings. The standard InChI is InChI=1S/C13H16F3NO/c1-12(2,18)11-7-8-9(13(14,15)16)5-4-6-10(8)17(11)3/h4-6,11,18H,7H2,1-3H3. The first-order valence-electron chi connectivity index (χ1n) is 5.76. The van der Waals surface area contributed by atoms with Crippen molar-refractivity contribution >= 4 is 5.69 Å². The zero-order valence-corrected chi connectivity index (χ0v) is 10.5. The molecule has 0 aromatic heterocycles. The maximum Gasteiger partial charge on any atom is 0.416 e. The van der Waals surface area contributed by atoms with Crippen LogP contribution in [-0.2, 0) is 12.6 Å². The third-order valence-electron chi connectivity index (χ3n) is 3.52. The molecule has 0 bridgehead atoms. The Balaban J connectivity index is 2.49. The van der Waals surface area contributed by atoms with Crippen LogP contribution in [0.4, 0.5) is 18.9 Å². The summed E-state index contributed by atoms with van der Waals surface area (Å²) in [4.78, 5) is 1.73. The summed E-state index contributed by atoms with van der Waals surface area (Å²) < 4.78 is 38.7. The monoisotopic (exact) mass is 259 g/mol. The quantitative estimate of drug-likeness (QED) is 0.838. The number of fused-ring (bicyclic) bond motifs is 1. The van der Waals surface area contributed by atoms with Crippen LogP contribution < -0.4 is 4.90 Å². The number of nitrogens with zero attached hydrogens (tertiary/aromatic N) is 1. The molecule has 1 aliphatic rings. The van der Waals surface area contributed by atoms with Crippen LogP contribution in [0.15, 0.2) is 18.2 Å². The highest BCUT2D eigenvalue weighted by Crippen LogP contribution is 2.42. The molecule has 100 valence electrons. The molecule has 5 heteroatoms. The van der Waals surface area contributed by atoms with Crippen LogP contribution in [0.2, 0.25) is 0 Å². The van der Waals surface area contributed by atoms with Crippen LogP contribution in [0, 0.1) is 0 Å². The number of halogens is 3. The normalized spacial score (nSPS) is 20.2. The summed E-state index contributed by atoms with van der Waals surface area (Å²) in [7, 11) is 1.72. The van der Waals surface area contributed by atoms with Gasteiger partial charge in [0.05, 0.1) is 17.2 Å². The molecule has 1 aromatic carbocycles. The van der Waals surface area contributed by atoms with Crippen LogP contribution >= 0.6 is 0 Å². The molecule has 2 rings (SSSR count). The molecule has 0 amide bonds. The van der Waals surface area contributed by atoms with Crippen LogP contribution in [0.5, 0.6) is 0 Å². The van der Waals surface area contributed by atoms with Gasteiger partial charge in [-0.3, -0.25) is 0 Å². The van der Waals surface area contributed by atoms with Crippen molar-refractivity contribution in [2.24, 2.45) is 0 Å². The molecule has 1 aromatic rings. The van der Waals surface area contributed by atoms with Crippen molar-refractivity contribution in [1.29, 1.82) is 0 Å². The fourth-order valence-corrected chi connectivity index (χ4v) is 2.61. The minimum absolute atomic E-state index is 0.213. The zero-order chi connectivity index (χ0) is 13.7. The molecule has 0 saturated carbocycles. The number of likely N-dealkylation sites (N-methyl/N-ethyl adjacent to an activating group) is 1. The topological polar surface area (TPSA) is 23.5 Å². The molecule has 1 aliphatic heterocycles. The molecule has 1 atom stereocenters. The number of aliphatic hydroxyl groups is 1. The fourth-order valence-electron chi connectivity index (χ4n) is 2.61. The van der Waals surface area contributed by atoms with E-state index in [2.05, 4.69) is 0 Å². The van der Waals surface area contributed by atoms with E-state index in [1.807, 2.05) is 0 Å². The van der Waals surface area contributed by atoms with Gasteiger partial charge in [-0.1, -0.05) is 6.07 Å². The summed E-state index contributed by atoms with van der Waals surface area (Å²) in [5.74, 6) is 0. The molecule has 0 spiro atoms. The van der Waals surface area contributed by atoms with Gasteiger partial charge in [0.2, 0.25) is 0 Å². The molecule has 1 unspecified atom stereocenters. The van der Waals surface area contributed by atoms with Gasteiger partial charge in [0.25, 0.3) is 0 Å². The zero-order valence-electron chi connectivity index (χ0n) is 10.5. The van der Waals surface area contributed by atoms with Gasteiger partial charge in [0.15, 0.2) is 0 Å². The Bertz CT molecular complexity index is 462. The molecule has 0 saturated heterocycles. The lowest BCUT2D eigenvalue weighted by Crippen LogP contribution is -2.46. The van der Waals surface area contributed by atoms with E-state index in [9.17, 15) is 18.3 Å². The highest BCUT2D eigenvalue weighted by Gasteiger charge is 2.42. The van der Waals surface area contributed by atoms with E-state index in [0.29, 0.717) is 5.69 Å². The molecular formula is C13H16F3NO. The Morgan fingerprint density at radius 3 is 2.39 bits per heavy atom. The van der Waals surface area contributed by atoms with Crippen molar-refractivity contribution in [3.63, 3.8) is 0 Å². The lowest BCUT2D eigenvalue weighted by Gasteiger charge is -2.32. The Labute approximate surface area is 104 Å². The maximum atomic E-state index is 12.9. The SMILES string of the molecule is CN1c2cccc(C(F)(F)F)c2CC1C(C)(C)O. The van der Waals surface area contributed by atoms with Gasteiger partial charge < -0.3 is 10.0 Å². The first-order chi connectivity index (χ1) is 8.12. The first-order valence-corrected chi connectivity index (χ1v) is 5.76. The van der Waals surface area contributed by atoms with Crippen molar-refractivity contribution in [1.82, 2.24) is 0 Å². The molecule has 2 nitrogen and oxygen atoms in total. The predicted octanol–water partition coefficient (Wildman–Crippen LogP) is 2.84. The Morgan fingerprint density at radius 1 is 1.28 bits per heavy atom. The fraction of sp³-hybridized carbons (Fsp3) is 0.538. The average Bonchev–Trinajstić information content (AvgIpc) is 2.54. The van der Waals surface area contributed by atoms with Gasteiger partial charge in [0.1, 0.15) is 0 Å². The Morgan fingerprint density at radius 2 is 1.89 bits per heavy atom. The summed E-state index contributed by atoms with van der Waals surface area (Å²) in [6, 6.07) is 3.83. The van der Waals surface area contributed by atoms with E-state index < -0.39 is 17.3 Å². The van der Waals surface area contributed by atoms with E-state index in [4.69, 9.17) is 0 Å². The third kappa shape index (κ3) is 2.07. The first kappa shape index (κ1) is 13.2. The van der Waals surface area contributed by atoms with Crippen LogP contribution in [-0.4, -0.2) is 23.8 Å². The number of hydrogen-bond donors (Lipinski definition) is 1. The van der Waals surface area contributed by atoms with Crippen LogP contribution in [0.25, 0.3) is 0 Å². The van der Waals surface area contributed by atoms with Crippen molar-refractivity contribution in [2.45, 2.75) is 38.1 Å². The molecule has 1 heterocycles. The minimum Gasteiger partial charge on any atom is -0.388 e. The van der Waals surface area contributed by atoms with Crippen LogP contribution in [0.3, 0.4) is 0 Å². The number of alkyl halides is 3. The lowest BCUT2D eigenvalue weighted by molar-refractivity contribution is -0.138. The van der Waals surface area contributed by atoms with Crippen molar-refractivity contribution in [3.05, 3.63) is 29.3 Å². The van der Waals surface area contributed by atoms with Crippen molar-refractivity contribution in [2.75, 3.05) is 11.9 Å². The van der Waals surface area contributed by atoms with Crippen molar-refractivity contribution < 1.29 is 18.3 Å². The molecule has 18 heavy (non-hydrogen) atoms. The van der Waals surface area contributed by atoms with Gasteiger partial charge >= 0.3 is 6.18 Å². The predicted molar refractivity (Wildman–Crippen MR) is 63.6 cm³/mol. The summed E-state index contributed by atoms with van der Waals surface area (Å²) >= 11 is 0. The summed E-state index contributed by atoms with van der Waals surface area (Å²) in [6.07, 6.45) is -4.13. The summed E-state index contributed by atoms with van der Waals surface area (Å²) in [6.45, 7) is 3.24. The summed E-state index contributed by atoms with van der Waals surface area (Å²) in [5, 5.41) is 10.0. The minimum atomic E-state index is -4.35. The molecule has 0 aliphatic carbocycles. The molecule has 0 radical (unpaired) electrons. The van der Waals surface area contributed by atoms with Gasteiger partial charge in [-0.05, 0) is 38.0 Å². The van der Waals surface area contributed by atoms with E-state index in [-0.39, 0.29) is 18.0 Å². The second-order valence-corrected chi connectivity index (χ2v) is 5.29. The second-order valence-electron chi connectivity index (χ2n) is 5.29. The number of rotatable bonds is 1. The highest BCUT2D eigenvalue weighted by molar-refractivity contribution is 5.63. The van der Waals surface area contributed by atoms with Gasteiger partial charge in [0, 0.05) is 12.7 Å². The van der Waals surface area contributed by atoms with Gasteiger partial charge in [-0.2, -0.15) is 13.2 Å². The van der Waals surface area contributed by atoms with Gasteiger partial charge in [-0.25, -0.2) is 0 Å². The van der Waals surface area contributed by atoms with Crippen molar-refractivity contribution in [3.8, 4) is 0 Å². The Kier molecular flexibility index (Phi) is 2.85. The second kappa shape index (κ2) is 3.88.